The number of nitrogens with two attached hydrogens (primary N) is 1. The third-order valence-electron chi connectivity index (χ3n) is 4.46. The molecule has 0 aromatic heterocycles. The summed E-state index contributed by atoms with van der Waals surface area (Å²) in [6, 6.07) is 15.6. The highest BCUT2D eigenvalue weighted by Crippen LogP contribution is 2.31. The van der Waals surface area contributed by atoms with E-state index in [-0.39, 0.29) is 24.5 Å². The van der Waals surface area contributed by atoms with Crippen LogP contribution in [0, 0.1) is 0 Å². The third-order valence-corrected chi connectivity index (χ3v) is 5.93. The lowest BCUT2D eigenvalue weighted by atomic mass is 9.99. The fourth-order valence-corrected chi connectivity index (χ4v) is 3.78. The molecule has 0 radical (unpaired) electrons. The van der Waals surface area contributed by atoms with Crippen LogP contribution in [0.1, 0.15) is 18.3 Å². The molecule has 29 heavy (non-hydrogen) atoms. The second-order valence-electron chi connectivity index (χ2n) is 6.32. The largest absolute Gasteiger partial charge is 0.400 e. The SMILES string of the molecule is CO.CSc1ccc(Cl)c(Cl)c1.NC1CCOC2COC(c3ccccc3)OC12. The summed E-state index contributed by atoms with van der Waals surface area (Å²) in [6.45, 7) is 1.25. The first-order chi connectivity index (χ1) is 14.1. The highest BCUT2D eigenvalue weighted by Gasteiger charge is 2.39. The molecule has 2 saturated heterocycles. The lowest BCUT2D eigenvalue weighted by molar-refractivity contribution is -0.281. The summed E-state index contributed by atoms with van der Waals surface area (Å²) < 4.78 is 17.2. The van der Waals surface area contributed by atoms with Crippen molar-refractivity contribution in [3.8, 4) is 0 Å². The first-order valence-electron chi connectivity index (χ1n) is 9.21. The predicted octanol–water partition coefficient (Wildman–Crippen LogP) is 4.54. The van der Waals surface area contributed by atoms with Gasteiger partial charge in [-0.05, 0) is 30.9 Å². The summed E-state index contributed by atoms with van der Waals surface area (Å²) in [6.07, 6.45) is 2.47. The number of hydrogen-bond donors (Lipinski definition) is 2. The molecule has 0 aliphatic carbocycles. The molecule has 4 unspecified atom stereocenters. The average Bonchev–Trinajstić information content (AvgIpc) is 2.78. The first-order valence-corrected chi connectivity index (χ1v) is 11.2. The van der Waals surface area contributed by atoms with Crippen molar-refractivity contribution in [2.75, 3.05) is 26.6 Å². The van der Waals surface area contributed by atoms with Crippen molar-refractivity contribution in [1.29, 1.82) is 0 Å². The summed E-state index contributed by atoms with van der Waals surface area (Å²) >= 11 is 13.1. The van der Waals surface area contributed by atoms with Crippen molar-refractivity contribution in [3.63, 3.8) is 0 Å². The van der Waals surface area contributed by atoms with Gasteiger partial charge in [0.25, 0.3) is 0 Å². The fourth-order valence-electron chi connectivity index (χ4n) is 2.97. The Hall–Kier alpha value is -0.830. The van der Waals surface area contributed by atoms with Crippen LogP contribution >= 0.6 is 35.0 Å². The van der Waals surface area contributed by atoms with Gasteiger partial charge < -0.3 is 25.1 Å². The Kier molecular flexibility index (Phi) is 10.8. The molecule has 2 aliphatic rings. The molecule has 0 saturated carbocycles. The van der Waals surface area contributed by atoms with Crippen LogP contribution in [0.5, 0.6) is 0 Å². The van der Waals surface area contributed by atoms with Crippen molar-refractivity contribution in [1.82, 2.24) is 0 Å². The van der Waals surface area contributed by atoms with E-state index in [0.717, 1.165) is 24.0 Å². The molecule has 0 bridgehead atoms. The Bertz CT molecular complexity index is 738. The molecule has 160 valence electrons. The van der Waals surface area contributed by atoms with Gasteiger partial charge in [0.15, 0.2) is 6.29 Å². The van der Waals surface area contributed by atoms with Gasteiger partial charge in [0.05, 0.1) is 16.7 Å². The van der Waals surface area contributed by atoms with E-state index >= 15 is 0 Å². The van der Waals surface area contributed by atoms with E-state index < -0.39 is 0 Å². The zero-order valence-electron chi connectivity index (χ0n) is 16.5. The van der Waals surface area contributed by atoms with Crippen LogP contribution in [-0.4, -0.2) is 49.9 Å². The predicted molar refractivity (Wildman–Crippen MR) is 119 cm³/mol. The Morgan fingerprint density at radius 2 is 1.76 bits per heavy atom. The molecule has 8 heteroatoms. The van der Waals surface area contributed by atoms with E-state index in [1.54, 1.807) is 17.8 Å². The zero-order valence-corrected chi connectivity index (χ0v) is 18.8. The normalized spacial score (nSPS) is 25.6. The third kappa shape index (κ3) is 7.12. The number of halogens is 2. The lowest BCUT2D eigenvalue weighted by Crippen LogP contribution is -2.55. The molecule has 2 aromatic rings. The van der Waals surface area contributed by atoms with Crippen molar-refractivity contribution < 1.29 is 19.3 Å². The maximum Gasteiger partial charge on any atom is 0.184 e. The van der Waals surface area contributed by atoms with Crippen LogP contribution in [0.15, 0.2) is 53.4 Å². The van der Waals surface area contributed by atoms with Crippen LogP contribution in [0.3, 0.4) is 0 Å². The summed E-state index contributed by atoms with van der Waals surface area (Å²) in [5, 5.41) is 8.23. The average molecular weight is 460 g/mol. The molecule has 2 heterocycles. The van der Waals surface area contributed by atoms with Crippen LogP contribution in [0.2, 0.25) is 10.0 Å². The van der Waals surface area contributed by atoms with Gasteiger partial charge in [0, 0.05) is 30.2 Å². The van der Waals surface area contributed by atoms with E-state index in [2.05, 4.69) is 0 Å². The van der Waals surface area contributed by atoms with Crippen molar-refractivity contribution in [2.24, 2.45) is 5.73 Å². The number of ether oxygens (including phenoxy) is 3. The molecule has 0 spiro atoms. The molecule has 3 N–H and O–H groups in total. The number of aliphatic hydroxyl groups excluding tert-OH is 1. The minimum atomic E-state index is -0.315. The Balaban J connectivity index is 0.000000215. The second kappa shape index (κ2) is 12.8. The van der Waals surface area contributed by atoms with Crippen molar-refractivity contribution >= 4 is 35.0 Å². The summed E-state index contributed by atoms with van der Waals surface area (Å²) in [5.41, 5.74) is 7.10. The second-order valence-corrected chi connectivity index (χ2v) is 8.01. The molecular formula is C21H27Cl2NO4S. The minimum absolute atomic E-state index is 0.0151. The van der Waals surface area contributed by atoms with Gasteiger partial charge >= 0.3 is 0 Å². The van der Waals surface area contributed by atoms with Gasteiger partial charge in [0.1, 0.15) is 12.2 Å². The number of thioether (sulfide) groups is 1. The van der Waals surface area contributed by atoms with Crippen molar-refractivity contribution in [3.05, 3.63) is 64.1 Å². The van der Waals surface area contributed by atoms with Gasteiger partial charge in [0.2, 0.25) is 0 Å². The smallest absolute Gasteiger partial charge is 0.184 e. The summed E-state index contributed by atoms with van der Waals surface area (Å²) in [5.74, 6) is 0. The lowest BCUT2D eigenvalue weighted by Gasteiger charge is -2.42. The number of aliphatic hydroxyl groups is 1. The fraction of sp³-hybridized carbons (Fsp3) is 0.429. The topological polar surface area (TPSA) is 73.9 Å². The highest BCUT2D eigenvalue weighted by atomic mass is 35.5. The van der Waals surface area contributed by atoms with Crippen LogP contribution in [0.4, 0.5) is 0 Å². The van der Waals surface area contributed by atoms with Gasteiger partial charge in [-0.3, -0.25) is 0 Å². The highest BCUT2D eigenvalue weighted by molar-refractivity contribution is 7.98. The van der Waals surface area contributed by atoms with Crippen LogP contribution in [0.25, 0.3) is 0 Å². The van der Waals surface area contributed by atoms with Gasteiger partial charge in [-0.15, -0.1) is 11.8 Å². The van der Waals surface area contributed by atoms with E-state index in [1.165, 1.54) is 0 Å². The van der Waals surface area contributed by atoms with E-state index in [1.807, 2.05) is 48.7 Å². The molecule has 0 amide bonds. The monoisotopic (exact) mass is 459 g/mol. The molecule has 2 aromatic carbocycles. The van der Waals surface area contributed by atoms with Crippen LogP contribution in [-0.2, 0) is 14.2 Å². The van der Waals surface area contributed by atoms with E-state index in [4.69, 9.17) is 48.3 Å². The van der Waals surface area contributed by atoms with E-state index in [0.29, 0.717) is 23.3 Å². The van der Waals surface area contributed by atoms with Gasteiger partial charge in [-0.1, -0.05) is 53.5 Å². The number of hydrogen-bond acceptors (Lipinski definition) is 6. The molecule has 4 atom stereocenters. The maximum atomic E-state index is 7.00. The Labute approximate surface area is 186 Å². The minimum Gasteiger partial charge on any atom is -0.400 e. The molecule has 2 fully saturated rings. The first kappa shape index (κ1) is 24.4. The summed E-state index contributed by atoms with van der Waals surface area (Å²) in [4.78, 5) is 1.13. The van der Waals surface area contributed by atoms with Gasteiger partial charge in [-0.25, -0.2) is 0 Å². The number of rotatable bonds is 2. The molecular weight excluding hydrogens is 433 g/mol. The summed E-state index contributed by atoms with van der Waals surface area (Å²) in [7, 11) is 1.00. The number of fused-ring (bicyclic) bond motifs is 1. The molecule has 4 rings (SSSR count). The van der Waals surface area contributed by atoms with E-state index in [9.17, 15) is 0 Å². The zero-order chi connectivity index (χ0) is 21.2. The Morgan fingerprint density at radius 1 is 1.03 bits per heavy atom. The molecule has 2 aliphatic heterocycles. The van der Waals surface area contributed by atoms with Gasteiger partial charge in [-0.2, -0.15) is 0 Å². The van der Waals surface area contributed by atoms with Crippen molar-refractivity contribution in [2.45, 2.75) is 35.9 Å². The molecule has 5 nitrogen and oxygen atoms in total. The van der Waals surface area contributed by atoms with Crippen LogP contribution < -0.4 is 5.73 Å². The Morgan fingerprint density at radius 3 is 2.41 bits per heavy atom. The number of benzene rings is 2. The maximum absolute atomic E-state index is 7.00. The standard InChI is InChI=1S/C13H17NO3.C7H6Cl2S.CH4O/c14-10-6-7-15-11-8-16-13(17-12(10)11)9-4-2-1-3-5-9;1-10-5-2-3-6(8)7(9)4-5;1-2/h1-5,10-13H,6-8,14H2;2-4H,1H3;2H,1H3. The quantitative estimate of drug-likeness (QED) is 0.641.